The second kappa shape index (κ2) is 8.10. The molecule has 6 nitrogen and oxygen atoms in total. The zero-order valence-electron chi connectivity index (χ0n) is 16.3. The van der Waals surface area contributed by atoms with Crippen molar-refractivity contribution in [1.29, 1.82) is 0 Å². The van der Waals surface area contributed by atoms with Gasteiger partial charge >= 0.3 is 0 Å². The van der Waals surface area contributed by atoms with Crippen LogP contribution in [0.1, 0.15) is 17.5 Å². The standard InChI is InChI=1S/C22H26N4O2/c1-17-2-4-20(5-3-17)26-16-19(14-21(26)27)22(28)25-12-10-24(11-13-25)15-18-6-8-23-9-7-18/h2-9,19H,10-16H2,1H3. The van der Waals surface area contributed by atoms with Crippen molar-refractivity contribution in [3.63, 3.8) is 0 Å². The number of hydrogen-bond donors (Lipinski definition) is 0. The first kappa shape index (κ1) is 18.6. The van der Waals surface area contributed by atoms with Gasteiger partial charge in [0.25, 0.3) is 0 Å². The maximum absolute atomic E-state index is 13.0. The molecule has 2 amide bonds. The second-order valence-electron chi connectivity index (χ2n) is 7.70. The summed E-state index contributed by atoms with van der Waals surface area (Å²) in [6.45, 7) is 6.55. The third kappa shape index (κ3) is 4.07. The minimum Gasteiger partial charge on any atom is -0.340 e. The van der Waals surface area contributed by atoms with Crippen LogP contribution in [-0.4, -0.2) is 59.3 Å². The molecule has 0 bridgehead atoms. The Kier molecular flexibility index (Phi) is 5.39. The molecule has 0 saturated carbocycles. The van der Waals surface area contributed by atoms with E-state index < -0.39 is 0 Å². The molecule has 0 aliphatic carbocycles. The Hall–Kier alpha value is -2.73. The van der Waals surface area contributed by atoms with Crippen LogP contribution < -0.4 is 4.90 Å². The third-order valence-electron chi connectivity index (χ3n) is 5.66. The van der Waals surface area contributed by atoms with Gasteiger partial charge in [-0.15, -0.1) is 0 Å². The van der Waals surface area contributed by atoms with E-state index in [-0.39, 0.29) is 17.7 Å². The summed E-state index contributed by atoms with van der Waals surface area (Å²) >= 11 is 0. The van der Waals surface area contributed by atoms with Crippen LogP contribution in [-0.2, 0) is 16.1 Å². The number of amides is 2. The van der Waals surface area contributed by atoms with E-state index in [0.29, 0.717) is 13.0 Å². The van der Waals surface area contributed by atoms with Crippen LogP contribution in [0.25, 0.3) is 0 Å². The van der Waals surface area contributed by atoms with Gasteiger partial charge in [0.2, 0.25) is 11.8 Å². The van der Waals surface area contributed by atoms with E-state index in [4.69, 9.17) is 0 Å². The Labute approximate surface area is 165 Å². The Morgan fingerprint density at radius 2 is 1.71 bits per heavy atom. The molecule has 28 heavy (non-hydrogen) atoms. The minimum absolute atomic E-state index is 0.0403. The summed E-state index contributed by atoms with van der Waals surface area (Å²) in [6.07, 6.45) is 3.93. The van der Waals surface area contributed by atoms with Gasteiger partial charge in [-0.1, -0.05) is 17.7 Å². The molecule has 2 aliphatic rings. The number of carbonyl (C=O) groups excluding carboxylic acids is 2. The van der Waals surface area contributed by atoms with Crippen LogP contribution in [0.4, 0.5) is 5.69 Å². The molecule has 1 unspecified atom stereocenters. The number of hydrogen-bond acceptors (Lipinski definition) is 4. The van der Waals surface area contributed by atoms with Crippen LogP contribution >= 0.6 is 0 Å². The lowest BCUT2D eigenvalue weighted by atomic mass is 10.1. The van der Waals surface area contributed by atoms with E-state index in [1.807, 2.05) is 60.6 Å². The van der Waals surface area contributed by atoms with Crippen LogP contribution in [0.5, 0.6) is 0 Å². The van der Waals surface area contributed by atoms with E-state index in [1.165, 1.54) is 5.56 Å². The highest BCUT2D eigenvalue weighted by Gasteiger charge is 2.37. The predicted octanol–water partition coefficient (Wildman–Crippen LogP) is 2.09. The number of rotatable bonds is 4. The molecule has 0 radical (unpaired) electrons. The second-order valence-corrected chi connectivity index (χ2v) is 7.70. The van der Waals surface area contributed by atoms with Crippen molar-refractivity contribution in [2.24, 2.45) is 5.92 Å². The summed E-state index contributed by atoms with van der Waals surface area (Å²) < 4.78 is 0. The van der Waals surface area contributed by atoms with Crippen molar-refractivity contribution in [2.75, 3.05) is 37.6 Å². The van der Waals surface area contributed by atoms with E-state index in [1.54, 1.807) is 4.90 Å². The Morgan fingerprint density at radius 3 is 2.39 bits per heavy atom. The van der Waals surface area contributed by atoms with Gasteiger partial charge in [0.15, 0.2) is 0 Å². The highest BCUT2D eigenvalue weighted by molar-refractivity contribution is 6.00. The largest absolute Gasteiger partial charge is 0.340 e. The molecule has 0 spiro atoms. The number of aryl methyl sites for hydroxylation is 1. The fourth-order valence-corrected chi connectivity index (χ4v) is 3.98. The average molecular weight is 378 g/mol. The molecule has 1 aromatic heterocycles. The number of carbonyl (C=O) groups is 2. The summed E-state index contributed by atoms with van der Waals surface area (Å²) in [7, 11) is 0. The summed E-state index contributed by atoms with van der Waals surface area (Å²) in [5.74, 6) is -0.0781. The molecule has 146 valence electrons. The Bertz CT molecular complexity index is 829. The zero-order chi connectivity index (χ0) is 19.5. The third-order valence-corrected chi connectivity index (χ3v) is 5.66. The first-order valence-electron chi connectivity index (χ1n) is 9.87. The lowest BCUT2D eigenvalue weighted by Crippen LogP contribution is -2.50. The van der Waals surface area contributed by atoms with Crippen molar-refractivity contribution >= 4 is 17.5 Å². The van der Waals surface area contributed by atoms with E-state index in [0.717, 1.165) is 44.0 Å². The van der Waals surface area contributed by atoms with Crippen molar-refractivity contribution in [3.05, 3.63) is 59.9 Å². The lowest BCUT2D eigenvalue weighted by Gasteiger charge is -2.35. The topological polar surface area (TPSA) is 56.8 Å². The smallest absolute Gasteiger partial charge is 0.228 e. The van der Waals surface area contributed by atoms with Gasteiger partial charge in [-0.3, -0.25) is 19.5 Å². The van der Waals surface area contributed by atoms with E-state index in [9.17, 15) is 9.59 Å². The molecule has 6 heteroatoms. The maximum Gasteiger partial charge on any atom is 0.228 e. The SMILES string of the molecule is Cc1ccc(N2CC(C(=O)N3CCN(Cc4ccncc4)CC3)CC2=O)cc1. The minimum atomic E-state index is -0.236. The summed E-state index contributed by atoms with van der Waals surface area (Å²) in [4.78, 5) is 35.5. The molecule has 2 aromatic rings. The van der Waals surface area contributed by atoms with Crippen molar-refractivity contribution < 1.29 is 9.59 Å². The highest BCUT2D eigenvalue weighted by Crippen LogP contribution is 2.27. The number of nitrogens with zero attached hydrogens (tertiary/aromatic N) is 4. The molecule has 4 rings (SSSR count). The number of benzene rings is 1. The highest BCUT2D eigenvalue weighted by atomic mass is 16.2. The van der Waals surface area contributed by atoms with Gasteiger partial charge in [-0.25, -0.2) is 0 Å². The van der Waals surface area contributed by atoms with Crippen LogP contribution in [0.15, 0.2) is 48.8 Å². The van der Waals surface area contributed by atoms with Gasteiger partial charge in [0, 0.05) is 63.8 Å². The predicted molar refractivity (Wildman–Crippen MR) is 108 cm³/mol. The molecule has 1 atom stereocenters. The molecule has 2 saturated heterocycles. The molecule has 1 aromatic carbocycles. The summed E-state index contributed by atoms with van der Waals surface area (Å²) in [5, 5.41) is 0. The van der Waals surface area contributed by atoms with E-state index >= 15 is 0 Å². The summed E-state index contributed by atoms with van der Waals surface area (Å²) in [5.41, 5.74) is 3.28. The average Bonchev–Trinajstić information content (AvgIpc) is 3.11. The Balaban J connectivity index is 1.32. The van der Waals surface area contributed by atoms with Crippen LogP contribution in [0.2, 0.25) is 0 Å². The lowest BCUT2D eigenvalue weighted by molar-refractivity contribution is -0.137. The number of pyridine rings is 1. The normalized spacial score (nSPS) is 20.6. The van der Waals surface area contributed by atoms with Crippen molar-refractivity contribution in [1.82, 2.24) is 14.8 Å². The molecule has 0 N–H and O–H groups in total. The van der Waals surface area contributed by atoms with Gasteiger partial charge < -0.3 is 9.80 Å². The van der Waals surface area contributed by atoms with Gasteiger partial charge in [0.1, 0.15) is 0 Å². The van der Waals surface area contributed by atoms with Crippen molar-refractivity contribution in [3.8, 4) is 0 Å². The van der Waals surface area contributed by atoms with E-state index in [2.05, 4.69) is 9.88 Å². The molecule has 3 heterocycles. The Morgan fingerprint density at radius 1 is 1.04 bits per heavy atom. The monoisotopic (exact) mass is 378 g/mol. The fraction of sp³-hybridized carbons (Fsp3) is 0.409. The molecular weight excluding hydrogens is 352 g/mol. The molecule has 2 aliphatic heterocycles. The van der Waals surface area contributed by atoms with Gasteiger partial charge in [0.05, 0.1) is 5.92 Å². The molecular formula is C22H26N4O2. The maximum atomic E-state index is 13.0. The first-order valence-corrected chi connectivity index (χ1v) is 9.87. The van der Waals surface area contributed by atoms with Gasteiger partial charge in [-0.2, -0.15) is 0 Å². The van der Waals surface area contributed by atoms with Crippen LogP contribution in [0.3, 0.4) is 0 Å². The number of anilines is 1. The van der Waals surface area contributed by atoms with Crippen molar-refractivity contribution in [2.45, 2.75) is 19.9 Å². The fourth-order valence-electron chi connectivity index (χ4n) is 3.98. The first-order chi connectivity index (χ1) is 13.6. The number of aromatic nitrogens is 1. The molecule has 2 fully saturated rings. The summed E-state index contributed by atoms with van der Waals surface area (Å²) in [6, 6.07) is 12.0. The van der Waals surface area contributed by atoms with Crippen LogP contribution in [0, 0.1) is 12.8 Å². The quantitative estimate of drug-likeness (QED) is 0.818. The number of piperazine rings is 1. The zero-order valence-corrected chi connectivity index (χ0v) is 16.3. The van der Waals surface area contributed by atoms with Gasteiger partial charge in [-0.05, 0) is 36.8 Å².